The Bertz CT molecular complexity index is 1030. The van der Waals surface area contributed by atoms with E-state index >= 15 is 0 Å². The van der Waals surface area contributed by atoms with Gasteiger partial charge < -0.3 is 10.0 Å². The van der Waals surface area contributed by atoms with Crippen molar-refractivity contribution in [3.8, 4) is 5.75 Å². The number of carbonyl (C=O) groups is 1. The molecule has 2 aliphatic heterocycles. The number of nitrogens with zero attached hydrogens (tertiary/aromatic N) is 2. The predicted molar refractivity (Wildman–Crippen MR) is 135 cm³/mol. The highest BCUT2D eigenvalue weighted by Crippen LogP contribution is 2.36. The molecule has 0 bridgehead atoms. The molecule has 2 aromatic rings. The van der Waals surface area contributed by atoms with Crippen molar-refractivity contribution in [3.05, 3.63) is 53.6 Å². The lowest BCUT2D eigenvalue weighted by Gasteiger charge is -2.34. The first-order valence-corrected chi connectivity index (χ1v) is 12.9. The van der Waals surface area contributed by atoms with Crippen LogP contribution in [0.4, 0.5) is 11.4 Å². The Kier molecular flexibility index (Phi) is 6.52. The van der Waals surface area contributed by atoms with Gasteiger partial charge in [0.15, 0.2) is 0 Å². The normalized spacial score (nSPS) is 22.4. The maximum Gasteiger partial charge on any atom is 0.139 e. The zero-order valence-corrected chi connectivity index (χ0v) is 19.8. The number of piperidine rings is 1. The number of anilines is 1. The smallest absolute Gasteiger partial charge is 0.139 e. The van der Waals surface area contributed by atoms with Crippen molar-refractivity contribution in [2.45, 2.75) is 64.7 Å². The van der Waals surface area contributed by atoms with E-state index in [0.717, 1.165) is 67.8 Å². The molecule has 0 aromatic heterocycles. The maximum atomic E-state index is 13.1. The number of aliphatic imine (C=N–C) groups is 1. The summed E-state index contributed by atoms with van der Waals surface area (Å²) >= 11 is 0. The summed E-state index contributed by atoms with van der Waals surface area (Å²) in [5.41, 5.74) is 5.20. The van der Waals surface area contributed by atoms with E-state index in [0.29, 0.717) is 17.5 Å². The first kappa shape index (κ1) is 22.2. The second-order valence-corrected chi connectivity index (χ2v) is 10.3. The number of aromatic hydroxyl groups is 1. The largest absolute Gasteiger partial charge is 0.507 e. The van der Waals surface area contributed by atoms with E-state index in [9.17, 15) is 9.90 Å². The van der Waals surface area contributed by atoms with Gasteiger partial charge in [0.2, 0.25) is 0 Å². The van der Waals surface area contributed by atoms with Gasteiger partial charge in [-0.25, -0.2) is 0 Å². The number of Topliss-reactive ketones (excluding diaryl/α,β-unsaturated/α-hetero) is 1. The van der Waals surface area contributed by atoms with Crippen LogP contribution in [0.25, 0.3) is 0 Å². The molecule has 1 saturated heterocycles. The van der Waals surface area contributed by atoms with E-state index in [1.165, 1.54) is 31.2 Å². The second kappa shape index (κ2) is 9.70. The third-order valence-electron chi connectivity index (χ3n) is 8.00. The third-order valence-corrected chi connectivity index (χ3v) is 8.00. The first-order chi connectivity index (χ1) is 16.1. The van der Waals surface area contributed by atoms with Crippen LogP contribution in [0, 0.1) is 17.8 Å². The van der Waals surface area contributed by atoms with Crippen LogP contribution in [0.1, 0.15) is 69.4 Å². The standard InChI is InChI=1S/C29H36N2O2/c1-20-18-23-10-6-7-11-26(23)30-28(20)25-19-24(12-13-27(25)32)31-16-14-22(15-17-31)29(33)21-8-4-2-3-5-9-21/h6-7,10-13,19-22,32H,2-5,8-9,14-18H2,1H3. The van der Waals surface area contributed by atoms with E-state index in [2.05, 4.69) is 36.1 Å². The molecular weight excluding hydrogens is 408 g/mol. The van der Waals surface area contributed by atoms with Crippen LogP contribution in [0.5, 0.6) is 5.75 Å². The summed E-state index contributed by atoms with van der Waals surface area (Å²) in [6.45, 7) is 3.99. The Morgan fingerprint density at radius 1 is 0.939 bits per heavy atom. The van der Waals surface area contributed by atoms with Crippen molar-refractivity contribution in [1.29, 1.82) is 0 Å². The van der Waals surface area contributed by atoms with Crippen molar-refractivity contribution in [1.82, 2.24) is 0 Å². The average Bonchev–Trinajstić information content (AvgIpc) is 3.13. The fraction of sp³-hybridized carbons (Fsp3) is 0.517. The molecule has 0 radical (unpaired) electrons. The molecule has 1 N–H and O–H groups in total. The highest BCUT2D eigenvalue weighted by molar-refractivity contribution is 6.07. The van der Waals surface area contributed by atoms with E-state index in [4.69, 9.17) is 4.99 Å². The maximum absolute atomic E-state index is 13.1. The number of phenols is 1. The Morgan fingerprint density at radius 2 is 1.64 bits per heavy atom. The van der Waals surface area contributed by atoms with Crippen molar-refractivity contribution >= 4 is 22.9 Å². The molecule has 174 valence electrons. The molecular formula is C29H36N2O2. The number of rotatable bonds is 4. The minimum atomic E-state index is 0.222. The Morgan fingerprint density at radius 3 is 2.39 bits per heavy atom. The molecule has 1 atom stereocenters. The molecule has 2 aromatic carbocycles. The molecule has 1 unspecified atom stereocenters. The van der Waals surface area contributed by atoms with Gasteiger partial charge in [0.1, 0.15) is 11.5 Å². The summed E-state index contributed by atoms with van der Waals surface area (Å²) < 4.78 is 0. The van der Waals surface area contributed by atoms with Gasteiger partial charge in [-0.15, -0.1) is 0 Å². The molecule has 2 fully saturated rings. The van der Waals surface area contributed by atoms with Gasteiger partial charge in [-0.1, -0.05) is 50.8 Å². The van der Waals surface area contributed by atoms with E-state index in [1.54, 1.807) is 0 Å². The summed E-state index contributed by atoms with van der Waals surface area (Å²) in [6.07, 6.45) is 10.0. The molecule has 0 spiro atoms. The second-order valence-electron chi connectivity index (χ2n) is 10.3. The molecule has 4 nitrogen and oxygen atoms in total. The van der Waals surface area contributed by atoms with Gasteiger partial charge in [0.05, 0.1) is 11.4 Å². The van der Waals surface area contributed by atoms with Gasteiger partial charge in [0.25, 0.3) is 0 Å². The van der Waals surface area contributed by atoms with Crippen LogP contribution in [0.15, 0.2) is 47.5 Å². The number of phenolic OH excluding ortho intramolecular Hbond substituents is 1. The van der Waals surface area contributed by atoms with E-state index in [1.807, 2.05) is 18.2 Å². The Hall–Kier alpha value is -2.62. The van der Waals surface area contributed by atoms with E-state index < -0.39 is 0 Å². The number of fused-ring (bicyclic) bond motifs is 1. The van der Waals surface area contributed by atoms with Gasteiger partial charge in [0, 0.05) is 42.1 Å². The monoisotopic (exact) mass is 444 g/mol. The average molecular weight is 445 g/mol. The van der Waals surface area contributed by atoms with E-state index in [-0.39, 0.29) is 11.8 Å². The molecule has 5 rings (SSSR count). The van der Waals surface area contributed by atoms with Crippen LogP contribution in [0.3, 0.4) is 0 Å². The van der Waals surface area contributed by atoms with Crippen LogP contribution >= 0.6 is 0 Å². The Balaban J connectivity index is 1.30. The molecule has 33 heavy (non-hydrogen) atoms. The van der Waals surface area contributed by atoms with Crippen LogP contribution in [-0.4, -0.2) is 29.7 Å². The molecule has 1 aliphatic carbocycles. The van der Waals surface area contributed by atoms with Crippen molar-refractivity contribution in [2.75, 3.05) is 18.0 Å². The number of hydrogen-bond donors (Lipinski definition) is 1. The summed E-state index contributed by atoms with van der Waals surface area (Å²) in [6, 6.07) is 14.2. The Labute approximate surface area is 197 Å². The molecule has 0 amide bonds. The number of para-hydroxylation sites is 1. The number of hydrogen-bond acceptors (Lipinski definition) is 4. The summed E-state index contributed by atoms with van der Waals surface area (Å²) in [4.78, 5) is 20.4. The van der Waals surface area contributed by atoms with Crippen LogP contribution < -0.4 is 4.90 Å². The molecule has 1 saturated carbocycles. The van der Waals surface area contributed by atoms with Crippen molar-refractivity contribution in [3.63, 3.8) is 0 Å². The fourth-order valence-electron chi connectivity index (χ4n) is 6.03. The molecule has 4 heteroatoms. The van der Waals surface area contributed by atoms with Gasteiger partial charge >= 0.3 is 0 Å². The zero-order valence-electron chi connectivity index (χ0n) is 19.8. The summed E-state index contributed by atoms with van der Waals surface area (Å²) in [5.74, 6) is 1.61. The highest BCUT2D eigenvalue weighted by Gasteiger charge is 2.31. The van der Waals surface area contributed by atoms with Gasteiger partial charge in [-0.2, -0.15) is 0 Å². The summed E-state index contributed by atoms with van der Waals surface area (Å²) in [5, 5.41) is 10.7. The van der Waals surface area contributed by atoms with Crippen LogP contribution in [0.2, 0.25) is 0 Å². The van der Waals surface area contributed by atoms with Crippen molar-refractivity contribution < 1.29 is 9.90 Å². The number of carbonyl (C=O) groups excluding carboxylic acids is 1. The minimum absolute atomic E-state index is 0.222. The lowest BCUT2D eigenvalue weighted by molar-refractivity contribution is -0.127. The lowest BCUT2D eigenvalue weighted by Crippen LogP contribution is -2.38. The lowest BCUT2D eigenvalue weighted by atomic mass is 9.82. The SMILES string of the molecule is CC1Cc2ccccc2N=C1c1cc(N2CCC(C(=O)C3CCCCCC3)CC2)ccc1O. The van der Waals surface area contributed by atoms with Gasteiger partial charge in [-0.05, 0) is 61.9 Å². The number of benzene rings is 2. The zero-order chi connectivity index (χ0) is 22.8. The predicted octanol–water partition coefficient (Wildman–Crippen LogP) is 6.46. The fourth-order valence-corrected chi connectivity index (χ4v) is 6.03. The molecule has 3 aliphatic rings. The minimum Gasteiger partial charge on any atom is -0.507 e. The van der Waals surface area contributed by atoms with Gasteiger partial charge in [-0.3, -0.25) is 9.79 Å². The quantitative estimate of drug-likeness (QED) is 0.551. The van der Waals surface area contributed by atoms with Crippen molar-refractivity contribution in [2.24, 2.45) is 22.7 Å². The topological polar surface area (TPSA) is 52.9 Å². The summed E-state index contributed by atoms with van der Waals surface area (Å²) in [7, 11) is 0. The van der Waals surface area contributed by atoms with Crippen LogP contribution in [-0.2, 0) is 11.2 Å². The first-order valence-electron chi connectivity index (χ1n) is 12.9. The highest BCUT2D eigenvalue weighted by atomic mass is 16.3. The number of ketones is 1. The third kappa shape index (κ3) is 4.71. The molecule has 2 heterocycles.